The van der Waals surface area contributed by atoms with Crippen molar-refractivity contribution >= 4 is 17.7 Å². The molecule has 138 valence electrons. The Labute approximate surface area is 149 Å². The molecule has 2 rings (SSSR count). The molecule has 0 saturated heterocycles. The predicted octanol–water partition coefficient (Wildman–Crippen LogP) is 3.72. The molecule has 1 aliphatic carbocycles. The summed E-state index contributed by atoms with van der Waals surface area (Å²) in [5.74, 6) is -0.347. The molecule has 1 fully saturated rings. The van der Waals surface area contributed by atoms with E-state index >= 15 is 0 Å². The van der Waals surface area contributed by atoms with Gasteiger partial charge in [-0.05, 0) is 49.9 Å². The van der Waals surface area contributed by atoms with Gasteiger partial charge < -0.3 is 20.1 Å². The van der Waals surface area contributed by atoms with Crippen molar-refractivity contribution in [3.05, 3.63) is 29.8 Å². The van der Waals surface area contributed by atoms with Gasteiger partial charge in [0.05, 0.1) is 18.3 Å². The number of hydrogen-bond donors (Lipinski definition) is 2. The van der Waals surface area contributed by atoms with Crippen molar-refractivity contribution in [3.8, 4) is 0 Å². The first-order valence-corrected chi connectivity index (χ1v) is 9.12. The Bertz CT molecular complexity index is 539. The van der Waals surface area contributed by atoms with Crippen molar-refractivity contribution in [1.29, 1.82) is 0 Å². The monoisotopic (exact) mass is 348 g/mol. The fourth-order valence-electron chi connectivity index (χ4n) is 2.72. The van der Waals surface area contributed by atoms with Crippen molar-refractivity contribution in [2.45, 2.75) is 51.6 Å². The number of anilines is 1. The van der Waals surface area contributed by atoms with E-state index in [1.54, 1.807) is 24.3 Å². The molecule has 1 aromatic rings. The van der Waals surface area contributed by atoms with Crippen molar-refractivity contribution in [1.82, 2.24) is 5.32 Å². The number of urea groups is 1. The Balaban J connectivity index is 1.61. The summed E-state index contributed by atoms with van der Waals surface area (Å²) >= 11 is 0. The van der Waals surface area contributed by atoms with Crippen molar-refractivity contribution < 1.29 is 19.1 Å². The third-order valence-electron chi connectivity index (χ3n) is 4.08. The molecule has 0 heterocycles. The van der Waals surface area contributed by atoms with E-state index in [4.69, 9.17) is 9.47 Å². The molecule has 0 aromatic heterocycles. The van der Waals surface area contributed by atoms with Crippen LogP contribution in [0.4, 0.5) is 10.5 Å². The number of carbonyl (C=O) groups is 2. The van der Waals surface area contributed by atoms with E-state index in [9.17, 15) is 9.59 Å². The molecule has 0 spiro atoms. The summed E-state index contributed by atoms with van der Waals surface area (Å²) in [5, 5.41) is 5.54. The maximum absolute atomic E-state index is 11.8. The summed E-state index contributed by atoms with van der Waals surface area (Å²) in [6, 6.07) is 6.39. The van der Waals surface area contributed by atoms with E-state index in [0.717, 1.165) is 25.7 Å². The molecule has 0 atom stereocenters. The highest BCUT2D eigenvalue weighted by molar-refractivity contribution is 5.92. The topological polar surface area (TPSA) is 76.7 Å². The number of carbonyl (C=O) groups excluding carboxylic acids is 2. The van der Waals surface area contributed by atoms with Crippen LogP contribution in [0.3, 0.4) is 0 Å². The average molecular weight is 348 g/mol. The molecular weight excluding hydrogens is 320 g/mol. The molecule has 0 unspecified atom stereocenters. The van der Waals surface area contributed by atoms with E-state index in [1.165, 1.54) is 12.8 Å². The van der Waals surface area contributed by atoms with Gasteiger partial charge in [0.2, 0.25) is 0 Å². The molecule has 1 saturated carbocycles. The molecule has 6 heteroatoms. The van der Waals surface area contributed by atoms with Gasteiger partial charge in [-0.1, -0.05) is 19.8 Å². The van der Waals surface area contributed by atoms with Crippen LogP contribution in [-0.4, -0.2) is 37.9 Å². The second-order valence-electron chi connectivity index (χ2n) is 6.22. The number of hydrogen-bond acceptors (Lipinski definition) is 4. The molecule has 0 aliphatic heterocycles. The molecule has 6 nitrogen and oxygen atoms in total. The normalized spacial score (nSPS) is 14.3. The highest BCUT2D eigenvalue weighted by Gasteiger charge is 2.14. The van der Waals surface area contributed by atoms with Crippen LogP contribution >= 0.6 is 0 Å². The fourth-order valence-corrected chi connectivity index (χ4v) is 2.72. The SMILES string of the molecule is CCCOC(=O)c1ccc(NC(=O)NCCCOC2CCCC2)cc1. The van der Waals surface area contributed by atoms with Gasteiger partial charge in [-0.3, -0.25) is 0 Å². The average Bonchev–Trinajstić information content (AvgIpc) is 3.13. The predicted molar refractivity (Wildman–Crippen MR) is 96.9 cm³/mol. The number of nitrogens with one attached hydrogen (secondary N) is 2. The first-order chi connectivity index (χ1) is 12.2. The van der Waals surface area contributed by atoms with E-state index in [0.29, 0.717) is 37.1 Å². The van der Waals surface area contributed by atoms with Gasteiger partial charge in [0.15, 0.2) is 0 Å². The van der Waals surface area contributed by atoms with Gasteiger partial charge in [0.25, 0.3) is 0 Å². The van der Waals surface area contributed by atoms with Crippen LogP contribution in [0.2, 0.25) is 0 Å². The first-order valence-electron chi connectivity index (χ1n) is 9.12. The fraction of sp³-hybridized carbons (Fsp3) is 0.579. The van der Waals surface area contributed by atoms with Crippen LogP contribution in [0.15, 0.2) is 24.3 Å². The summed E-state index contributed by atoms with van der Waals surface area (Å²) in [6.07, 6.45) is 6.85. The maximum Gasteiger partial charge on any atom is 0.338 e. The summed E-state index contributed by atoms with van der Waals surface area (Å²) in [4.78, 5) is 23.5. The summed E-state index contributed by atoms with van der Waals surface area (Å²) < 4.78 is 10.8. The minimum absolute atomic E-state index is 0.262. The minimum Gasteiger partial charge on any atom is -0.462 e. The van der Waals surface area contributed by atoms with Gasteiger partial charge in [-0.25, -0.2) is 9.59 Å². The highest BCUT2D eigenvalue weighted by atomic mass is 16.5. The van der Waals surface area contributed by atoms with Gasteiger partial charge in [-0.2, -0.15) is 0 Å². The molecule has 1 aliphatic rings. The summed E-state index contributed by atoms with van der Waals surface area (Å²) in [7, 11) is 0. The lowest BCUT2D eigenvalue weighted by Gasteiger charge is -2.11. The van der Waals surface area contributed by atoms with Crippen molar-refractivity contribution in [2.75, 3.05) is 25.1 Å². The Morgan fingerprint density at radius 1 is 1.12 bits per heavy atom. The zero-order chi connectivity index (χ0) is 17.9. The Morgan fingerprint density at radius 3 is 2.52 bits per heavy atom. The largest absolute Gasteiger partial charge is 0.462 e. The summed E-state index contributed by atoms with van der Waals surface area (Å²) in [5.41, 5.74) is 1.11. The molecule has 25 heavy (non-hydrogen) atoms. The number of esters is 1. The lowest BCUT2D eigenvalue weighted by Crippen LogP contribution is -2.30. The smallest absolute Gasteiger partial charge is 0.338 e. The second-order valence-corrected chi connectivity index (χ2v) is 6.22. The molecule has 0 radical (unpaired) electrons. The molecular formula is C19H28N2O4. The van der Waals surface area contributed by atoms with Crippen LogP contribution in [0.5, 0.6) is 0 Å². The molecule has 2 amide bonds. The van der Waals surface area contributed by atoms with Crippen LogP contribution in [-0.2, 0) is 9.47 Å². The third kappa shape index (κ3) is 7.13. The number of rotatable bonds is 9. The Hall–Kier alpha value is -2.08. The van der Waals surface area contributed by atoms with Crippen molar-refractivity contribution in [2.24, 2.45) is 0 Å². The molecule has 0 bridgehead atoms. The number of amides is 2. The van der Waals surface area contributed by atoms with Gasteiger partial charge in [0, 0.05) is 18.8 Å². The van der Waals surface area contributed by atoms with Crippen molar-refractivity contribution in [3.63, 3.8) is 0 Å². The maximum atomic E-state index is 11.8. The zero-order valence-corrected chi connectivity index (χ0v) is 14.9. The Kier molecular flexibility index (Phi) is 8.25. The van der Waals surface area contributed by atoms with E-state index in [2.05, 4.69) is 10.6 Å². The first kappa shape index (κ1) is 19.2. The minimum atomic E-state index is -0.347. The number of ether oxygens (including phenoxy) is 2. The quantitative estimate of drug-likeness (QED) is 0.527. The van der Waals surface area contributed by atoms with Crippen LogP contribution < -0.4 is 10.6 Å². The summed E-state index contributed by atoms with van der Waals surface area (Å²) in [6.45, 7) is 3.60. The van der Waals surface area contributed by atoms with Crippen LogP contribution in [0, 0.1) is 0 Å². The molecule has 2 N–H and O–H groups in total. The van der Waals surface area contributed by atoms with Gasteiger partial charge in [0.1, 0.15) is 0 Å². The van der Waals surface area contributed by atoms with Crippen LogP contribution in [0.1, 0.15) is 55.8 Å². The lowest BCUT2D eigenvalue weighted by molar-refractivity contribution is 0.0505. The van der Waals surface area contributed by atoms with E-state index in [1.807, 2.05) is 6.92 Å². The van der Waals surface area contributed by atoms with Gasteiger partial charge in [-0.15, -0.1) is 0 Å². The zero-order valence-electron chi connectivity index (χ0n) is 14.9. The standard InChI is InChI=1S/C19H28N2O4/c1-2-13-25-18(22)15-8-10-16(11-9-15)21-19(23)20-12-5-14-24-17-6-3-4-7-17/h8-11,17H,2-7,12-14H2,1H3,(H2,20,21,23). The number of benzene rings is 1. The van der Waals surface area contributed by atoms with Crippen LogP contribution in [0.25, 0.3) is 0 Å². The van der Waals surface area contributed by atoms with E-state index < -0.39 is 0 Å². The second kappa shape index (κ2) is 10.7. The third-order valence-corrected chi connectivity index (χ3v) is 4.08. The van der Waals surface area contributed by atoms with E-state index in [-0.39, 0.29) is 12.0 Å². The Morgan fingerprint density at radius 2 is 1.84 bits per heavy atom. The molecule has 1 aromatic carbocycles. The van der Waals surface area contributed by atoms with Gasteiger partial charge >= 0.3 is 12.0 Å². The lowest BCUT2D eigenvalue weighted by atomic mass is 10.2. The highest BCUT2D eigenvalue weighted by Crippen LogP contribution is 2.20.